The van der Waals surface area contributed by atoms with Gasteiger partial charge in [0.1, 0.15) is 0 Å². The van der Waals surface area contributed by atoms with Gasteiger partial charge in [-0.05, 0) is 14.0 Å². The molecule has 1 nitrogen and oxygen atoms in total. The van der Waals surface area contributed by atoms with Gasteiger partial charge in [0.15, 0.2) is 0 Å². The van der Waals surface area contributed by atoms with Crippen molar-refractivity contribution in [1.82, 2.24) is 5.32 Å². The Labute approximate surface area is 64.4 Å². The first kappa shape index (κ1) is 8.25. The van der Waals surface area contributed by atoms with Gasteiger partial charge in [-0.25, -0.2) is 0 Å². The highest BCUT2D eigenvalue weighted by molar-refractivity contribution is 14.1. The Hall–Kier alpha value is 0.250. The van der Waals surface area contributed by atoms with Gasteiger partial charge in [-0.1, -0.05) is 34.4 Å². The van der Waals surface area contributed by atoms with Gasteiger partial charge < -0.3 is 5.32 Å². The zero-order chi connectivity index (χ0) is 6.41. The van der Waals surface area contributed by atoms with E-state index in [0.29, 0.717) is 6.04 Å². The summed E-state index contributed by atoms with van der Waals surface area (Å²) in [5.74, 6) is 5.99. The molecule has 0 aliphatic rings. The lowest BCUT2D eigenvalue weighted by Crippen LogP contribution is -2.18. The van der Waals surface area contributed by atoms with Gasteiger partial charge in [0, 0.05) is 0 Å². The van der Waals surface area contributed by atoms with Crippen molar-refractivity contribution < 1.29 is 0 Å². The fraction of sp³-hybridized carbons (Fsp3) is 0.667. The molecule has 0 radical (unpaired) electrons. The van der Waals surface area contributed by atoms with E-state index in [4.69, 9.17) is 0 Å². The Bertz CT molecular complexity index is 101. The molecule has 0 aromatic heterocycles. The second kappa shape index (κ2) is 5.39. The quantitative estimate of drug-likeness (QED) is 0.397. The topological polar surface area (TPSA) is 12.0 Å². The number of rotatable bonds is 1. The summed E-state index contributed by atoms with van der Waals surface area (Å²) >= 11 is 2.24. The first-order valence-electron chi connectivity index (χ1n) is 2.53. The lowest BCUT2D eigenvalue weighted by molar-refractivity contribution is 0.749. The van der Waals surface area contributed by atoms with Crippen molar-refractivity contribution in [3.8, 4) is 11.8 Å². The summed E-state index contributed by atoms with van der Waals surface area (Å²) in [6.07, 6.45) is 0. The van der Waals surface area contributed by atoms with Crippen LogP contribution in [0.1, 0.15) is 6.92 Å². The van der Waals surface area contributed by atoms with E-state index in [1.807, 2.05) is 14.0 Å². The monoisotopic (exact) mass is 223 g/mol. The lowest BCUT2D eigenvalue weighted by Gasteiger charge is -1.96. The van der Waals surface area contributed by atoms with Crippen molar-refractivity contribution in [1.29, 1.82) is 0 Å². The molecule has 0 aliphatic heterocycles. The van der Waals surface area contributed by atoms with Crippen LogP contribution < -0.4 is 5.32 Å². The van der Waals surface area contributed by atoms with Crippen LogP contribution in [-0.2, 0) is 0 Å². The predicted molar refractivity (Wildman–Crippen MR) is 45.2 cm³/mol. The summed E-state index contributed by atoms with van der Waals surface area (Å²) < 4.78 is 0.920. The molecule has 0 fully saturated rings. The van der Waals surface area contributed by atoms with E-state index in [1.54, 1.807) is 0 Å². The van der Waals surface area contributed by atoms with Crippen LogP contribution in [0.15, 0.2) is 0 Å². The molecule has 0 heterocycles. The summed E-state index contributed by atoms with van der Waals surface area (Å²) in [4.78, 5) is 0. The number of halogens is 1. The fourth-order valence-electron chi connectivity index (χ4n) is 0.264. The van der Waals surface area contributed by atoms with Crippen molar-refractivity contribution >= 4 is 22.6 Å². The molecule has 0 spiro atoms. The Morgan fingerprint density at radius 1 is 1.75 bits per heavy atom. The Morgan fingerprint density at radius 2 is 2.38 bits per heavy atom. The molecular formula is C6H10IN. The highest BCUT2D eigenvalue weighted by atomic mass is 127. The summed E-state index contributed by atoms with van der Waals surface area (Å²) in [5, 5.41) is 3.02. The van der Waals surface area contributed by atoms with E-state index < -0.39 is 0 Å². The molecule has 46 valence electrons. The molecule has 0 saturated carbocycles. The number of nitrogens with one attached hydrogen (secondary N) is 1. The lowest BCUT2D eigenvalue weighted by atomic mass is 10.3. The Kier molecular flexibility index (Phi) is 5.56. The maximum atomic E-state index is 3.02. The van der Waals surface area contributed by atoms with Crippen molar-refractivity contribution in [2.75, 3.05) is 11.5 Å². The van der Waals surface area contributed by atoms with E-state index in [-0.39, 0.29) is 0 Å². The summed E-state index contributed by atoms with van der Waals surface area (Å²) in [6.45, 7) is 2.04. The molecule has 0 unspecified atom stereocenters. The standard InChI is InChI=1S/C6H10IN/c1-6(8-2)4-3-5-7/h6,8H,5H2,1-2H3/t6-/m1/s1. The number of hydrogen-bond acceptors (Lipinski definition) is 1. The Balaban J connectivity index is 3.35. The molecule has 0 rings (SSSR count). The minimum absolute atomic E-state index is 0.338. The maximum absolute atomic E-state index is 3.02. The molecular weight excluding hydrogens is 213 g/mol. The van der Waals surface area contributed by atoms with Crippen LogP contribution >= 0.6 is 22.6 Å². The molecule has 8 heavy (non-hydrogen) atoms. The maximum Gasteiger partial charge on any atom is 0.0658 e. The van der Waals surface area contributed by atoms with Crippen LogP contribution in [0.5, 0.6) is 0 Å². The molecule has 0 saturated heterocycles. The van der Waals surface area contributed by atoms with Crippen LogP contribution in [-0.4, -0.2) is 17.5 Å². The van der Waals surface area contributed by atoms with Gasteiger partial charge in [-0.3, -0.25) is 0 Å². The molecule has 0 amide bonds. The summed E-state index contributed by atoms with van der Waals surface area (Å²) in [6, 6.07) is 0.338. The second-order valence-corrected chi connectivity index (χ2v) is 2.23. The predicted octanol–water partition coefficient (Wildman–Crippen LogP) is 1.03. The zero-order valence-corrected chi connectivity index (χ0v) is 7.32. The van der Waals surface area contributed by atoms with Crippen LogP contribution in [0.4, 0.5) is 0 Å². The SMILES string of the molecule is CN[C@H](C)C#CCI. The van der Waals surface area contributed by atoms with E-state index in [9.17, 15) is 0 Å². The molecule has 0 aromatic carbocycles. The molecule has 2 heteroatoms. The minimum Gasteiger partial charge on any atom is -0.307 e. The van der Waals surface area contributed by atoms with Gasteiger partial charge in [-0.15, -0.1) is 0 Å². The third-order valence-corrected chi connectivity index (χ3v) is 1.20. The van der Waals surface area contributed by atoms with Crippen LogP contribution in [0, 0.1) is 11.8 Å². The van der Waals surface area contributed by atoms with E-state index in [2.05, 4.69) is 39.7 Å². The van der Waals surface area contributed by atoms with Crippen LogP contribution in [0.25, 0.3) is 0 Å². The van der Waals surface area contributed by atoms with Crippen molar-refractivity contribution in [2.45, 2.75) is 13.0 Å². The highest BCUT2D eigenvalue weighted by Crippen LogP contribution is 1.77. The Morgan fingerprint density at radius 3 is 2.75 bits per heavy atom. The molecule has 1 N–H and O–H groups in total. The molecule has 0 bridgehead atoms. The van der Waals surface area contributed by atoms with Gasteiger partial charge in [0.25, 0.3) is 0 Å². The van der Waals surface area contributed by atoms with Gasteiger partial charge in [0.2, 0.25) is 0 Å². The highest BCUT2D eigenvalue weighted by Gasteiger charge is 1.84. The molecule has 0 aromatic rings. The summed E-state index contributed by atoms with van der Waals surface area (Å²) in [5.41, 5.74) is 0. The van der Waals surface area contributed by atoms with E-state index in [1.165, 1.54) is 0 Å². The molecule has 0 aliphatic carbocycles. The molecule has 1 atom stereocenters. The zero-order valence-electron chi connectivity index (χ0n) is 5.16. The van der Waals surface area contributed by atoms with Crippen molar-refractivity contribution in [3.63, 3.8) is 0 Å². The van der Waals surface area contributed by atoms with E-state index >= 15 is 0 Å². The smallest absolute Gasteiger partial charge is 0.0658 e. The van der Waals surface area contributed by atoms with Crippen molar-refractivity contribution in [2.24, 2.45) is 0 Å². The largest absolute Gasteiger partial charge is 0.307 e. The van der Waals surface area contributed by atoms with Gasteiger partial charge >= 0.3 is 0 Å². The first-order valence-corrected chi connectivity index (χ1v) is 4.05. The summed E-state index contributed by atoms with van der Waals surface area (Å²) in [7, 11) is 1.91. The van der Waals surface area contributed by atoms with Gasteiger partial charge in [0.05, 0.1) is 10.5 Å². The van der Waals surface area contributed by atoms with Crippen LogP contribution in [0.3, 0.4) is 0 Å². The number of hydrogen-bond donors (Lipinski definition) is 1. The van der Waals surface area contributed by atoms with E-state index in [0.717, 1.165) is 4.43 Å². The number of alkyl halides is 1. The third-order valence-electron chi connectivity index (χ3n) is 0.818. The second-order valence-electron chi connectivity index (χ2n) is 1.47. The average molecular weight is 223 g/mol. The fourth-order valence-corrected chi connectivity index (χ4v) is 0.484. The third kappa shape index (κ3) is 4.41. The van der Waals surface area contributed by atoms with Gasteiger partial charge in [-0.2, -0.15) is 0 Å². The average Bonchev–Trinajstić information content (AvgIpc) is 1.83. The first-order chi connectivity index (χ1) is 3.81. The normalized spacial score (nSPS) is 11.9. The van der Waals surface area contributed by atoms with Crippen LogP contribution in [0.2, 0.25) is 0 Å². The van der Waals surface area contributed by atoms with Crippen molar-refractivity contribution in [3.05, 3.63) is 0 Å². The minimum atomic E-state index is 0.338.